The van der Waals surface area contributed by atoms with Gasteiger partial charge in [-0.3, -0.25) is 10.1 Å². The Hall–Kier alpha value is -2.43. The third-order valence-electron chi connectivity index (χ3n) is 2.52. The number of nitrogens with one attached hydrogen (secondary N) is 1. The first kappa shape index (κ1) is 12.0. The number of rotatable bonds is 4. The second-order valence-corrected chi connectivity index (χ2v) is 3.75. The zero-order valence-corrected chi connectivity index (χ0v) is 9.47. The summed E-state index contributed by atoms with van der Waals surface area (Å²) in [5.41, 5.74) is 1.30. The van der Waals surface area contributed by atoms with E-state index in [0.717, 1.165) is 0 Å². The van der Waals surface area contributed by atoms with Crippen LogP contribution in [-0.2, 0) is 6.54 Å². The molecule has 92 valence electrons. The van der Waals surface area contributed by atoms with E-state index in [1.807, 2.05) is 0 Å². The second kappa shape index (κ2) is 5.27. The van der Waals surface area contributed by atoms with Crippen molar-refractivity contribution in [1.29, 1.82) is 0 Å². The molecule has 0 radical (unpaired) electrons. The average Bonchev–Trinajstić information content (AvgIpc) is 2.38. The first-order chi connectivity index (χ1) is 8.66. The van der Waals surface area contributed by atoms with Gasteiger partial charge in [0.05, 0.1) is 4.92 Å². The monoisotopic (exact) mass is 246 g/mol. The van der Waals surface area contributed by atoms with Gasteiger partial charge in [-0.15, -0.1) is 0 Å². The maximum absolute atomic E-state index is 13.3. The Morgan fingerprint density at radius 1 is 1.11 bits per heavy atom. The third kappa shape index (κ3) is 2.82. The fourth-order valence-corrected chi connectivity index (χ4v) is 1.54. The molecular formula is C13H11FN2O2. The molecule has 0 spiro atoms. The second-order valence-electron chi connectivity index (χ2n) is 3.75. The smallest absolute Gasteiger partial charge is 0.269 e. The van der Waals surface area contributed by atoms with E-state index in [-0.39, 0.29) is 11.5 Å². The van der Waals surface area contributed by atoms with Crippen LogP contribution in [0.2, 0.25) is 0 Å². The quantitative estimate of drug-likeness (QED) is 0.664. The van der Waals surface area contributed by atoms with Crippen molar-refractivity contribution in [3.05, 3.63) is 70.0 Å². The molecule has 18 heavy (non-hydrogen) atoms. The number of anilines is 1. The molecule has 0 fully saturated rings. The molecule has 0 atom stereocenters. The molecule has 5 heteroatoms. The summed E-state index contributed by atoms with van der Waals surface area (Å²) in [5, 5.41) is 13.5. The number of nitro groups is 1. The topological polar surface area (TPSA) is 55.2 Å². The van der Waals surface area contributed by atoms with Crippen molar-refractivity contribution in [2.75, 3.05) is 5.32 Å². The summed E-state index contributed by atoms with van der Waals surface area (Å²) < 4.78 is 13.3. The van der Waals surface area contributed by atoms with Crippen molar-refractivity contribution in [2.45, 2.75) is 6.54 Å². The molecule has 0 bridgehead atoms. The highest BCUT2D eigenvalue weighted by Gasteiger charge is 2.04. The molecule has 0 saturated heterocycles. The lowest BCUT2D eigenvalue weighted by Gasteiger charge is -2.06. The summed E-state index contributed by atoms with van der Waals surface area (Å²) in [6.07, 6.45) is 0. The Morgan fingerprint density at radius 2 is 1.78 bits per heavy atom. The summed E-state index contributed by atoms with van der Waals surface area (Å²) in [6, 6.07) is 12.5. The minimum absolute atomic E-state index is 0.0337. The minimum atomic E-state index is -0.458. The van der Waals surface area contributed by atoms with E-state index in [4.69, 9.17) is 0 Å². The number of hydrogen-bond donors (Lipinski definition) is 1. The molecule has 0 aromatic heterocycles. The summed E-state index contributed by atoms with van der Waals surface area (Å²) in [4.78, 5) is 10.0. The van der Waals surface area contributed by atoms with Crippen LogP contribution < -0.4 is 5.32 Å². The van der Waals surface area contributed by atoms with E-state index < -0.39 is 4.92 Å². The number of nitrogens with zero attached hydrogens (tertiary/aromatic N) is 1. The Balaban J connectivity index is 2.02. The number of halogens is 1. The summed E-state index contributed by atoms with van der Waals surface area (Å²) in [5.74, 6) is -0.271. The molecule has 0 unspecified atom stereocenters. The van der Waals surface area contributed by atoms with Gasteiger partial charge in [-0.1, -0.05) is 18.2 Å². The lowest BCUT2D eigenvalue weighted by molar-refractivity contribution is -0.384. The number of nitro benzene ring substituents is 1. The molecular weight excluding hydrogens is 235 g/mol. The number of hydrogen-bond acceptors (Lipinski definition) is 3. The van der Waals surface area contributed by atoms with Gasteiger partial charge in [0, 0.05) is 29.9 Å². The van der Waals surface area contributed by atoms with Crippen LogP contribution in [0, 0.1) is 15.9 Å². The van der Waals surface area contributed by atoms with Crippen LogP contribution in [0.1, 0.15) is 5.56 Å². The van der Waals surface area contributed by atoms with Crippen LogP contribution in [0.4, 0.5) is 15.8 Å². The van der Waals surface area contributed by atoms with E-state index in [1.165, 1.54) is 18.2 Å². The normalized spacial score (nSPS) is 10.1. The van der Waals surface area contributed by atoms with Crippen LogP contribution >= 0.6 is 0 Å². The summed E-state index contributed by atoms with van der Waals surface area (Å²) in [6.45, 7) is 0.338. The fourth-order valence-electron chi connectivity index (χ4n) is 1.54. The van der Waals surface area contributed by atoms with Crippen LogP contribution in [0.5, 0.6) is 0 Å². The van der Waals surface area contributed by atoms with E-state index in [1.54, 1.807) is 30.3 Å². The van der Waals surface area contributed by atoms with Gasteiger partial charge in [-0.25, -0.2) is 4.39 Å². The molecule has 0 aliphatic carbocycles. The Kier molecular flexibility index (Phi) is 3.52. The van der Waals surface area contributed by atoms with Gasteiger partial charge >= 0.3 is 0 Å². The molecule has 0 aliphatic heterocycles. The van der Waals surface area contributed by atoms with Crippen molar-refractivity contribution < 1.29 is 9.31 Å². The molecule has 4 nitrogen and oxygen atoms in total. The molecule has 2 rings (SSSR count). The Morgan fingerprint density at radius 3 is 2.39 bits per heavy atom. The highest BCUT2D eigenvalue weighted by atomic mass is 19.1. The lowest BCUT2D eigenvalue weighted by Crippen LogP contribution is -2.01. The van der Waals surface area contributed by atoms with Gasteiger partial charge in [-0.2, -0.15) is 0 Å². The molecule has 0 heterocycles. The molecule has 0 amide bonds. The maximum Gasteiger partial charge on any atom is 0.269 e. The number of benzene rings is 2. The SMILES string of the molecule is O=[N+]([O-])c1ccc(NCc2ccccc2F)cc1. The van der Waals surface area contributed by atoms with E-state index >= 15 is 0 Å². The summed E-state index contributed by atoms with van der Waals surface area (Å²) >= 11 is 0. The van der Waals surface area contributed by atoms with Gasteiger partial charge in [-0.05, 0) is 18.2 Å². The van der Waals surface area contributed by atoms with Crippen LogP contribution in [0.15, 0.2) is 48.5 Å². The molecule has 2 aromatic carbocycles. The minimum Gasteiger partial charge on any atom is -0.381 e. The molecule has 0 saturated carbocycles. The zero-order valence-electron chi connectivity index (χ0n) is 9.47. The van der Waals surface area contributed by atoms with Crippen molar-refractivity contribution in [3.63, 3.8) is 0 Å². The summed E-state index contributed by atoms with van der Waals surface area (Å²) in [7, 11) is 0. The van der Waals surface area contributed by atoms with E-state index in [2.05, 4.69) is 5.32 Å². The molecule has 2 aromatic rings. The highest BCUT2D eigenvalue weighted by molar-refractivity contribution is 5.48. The average molecular weight is 246 g/mol. The first-order valence-corrected chi connectivity index (χ1v) is 5.38. The van der Waals surface area contributed by atoms with Crippen molar-refractivity contribution in [3.8, 4) is 0 Å². The Bertz CT molecular complexity index is 555. The highest BCUT2D eigenvalue weighted by Crippen LogP contribution is 2.16. The van der Waals surface area contributed by atoms with E-state index in [9.17, 15) is 14.5 Å². The van der Waals surface area contributed by atoms with Crippen LogP contribution in [0.25, 0.3) is 0 Å². The third-order valence-corrected chi connectivity index (χ3v) is 2.52. The van der Waals surface area contributed by atoms with Gasteiger partial charge in [0.25, 0.3) is 5.69 Å². The van der Waals surface area contributed by atoms with E-state index in [0.29, 0.717) is 17.8 Å². The molecule has 1 N–H and O–H groups in total. The van der Waals surface area contributed by atoms with Crippen molar-refractivity contribution in [1.82, 2.24) is 0 Å². The predicted molar refractivity (Wildman–Crippen MR) is 66.8 cm³/mol. The maximum atomic E-state index is 13.3. The molecule has 0 aliphatic rings. The fraction of sp³-hybridized carbons (Fsp3) is 0.0769. The van der Waals surface area contributed by atoms with Gasteiger partial charge < -0.3 is 5.32 Å². The van der Waals surface area contributed by atoms with Gasteiger partial charge in [0.1, 0.15) is 5.82 Å². The predicted octanol–water partition coefficient (Wildman–Crippen LogP) is 3.35. The zero-order chi connectivity index (χ0) is 13.0. The van der Waals surface area contributed by atoms with Crippen LogP contribution in [-0.4, -0.2) is 4.92 Å². The number of non-ortho nitro benzene ring substituents is 1. The van der Waals surface area contributed by atoms with Crippen LogP contribution in [0.3, 0.4) is 0 Å². The van der Waals surface area contributed by atoms with Crippen molar-refractivity contribution >= 4 is 11.4 Å². The lowest BCUT2D eigenvalue weighted by atomic mass is 10.2. The van der Waals surface area contributed by atoms with Gasteiger partial charge in [0.15, 0.2) is 0 Å². The van der Waals surface area contributed by atoms with Gasteiger partial charge in [0.2, 0.25) is 0 Å². The largest absolute Gasteiger partial charge is 0.381 e. The Labute approximate surface area is 103 Å². The van der Waals surface area contributed by atoms with Crippen molar-refractivity contribution in [2.24, 2.45) is 0 Å². The standard InChI is InChI=1S/C13H11FN2O2/c14-13-4-2-1-3-10(13)9-15-11-5-7-12(8-6-11)16(17)18/h1-8,15H,9H2. The first-order valence-electron chi connectivity index (χ1n) is 5.38.